The van der Waals surface area contributed by atoms with Crippen LogP contribution in [0.3, 0.4) is 0 Å². The van der Waals surface area contributed by atoms with Crippen molar-refractivity contribution in [1.82, 2.24) is 0 Å². The molecule has 2 aromatic rings. The molecule has 0 saturated heterocycles. The SMILES string of the molecule is Cc1c(NC(=O)/C=C/c2ccc([N+](=O)[O-])cc2)cccc1OC1CCCC1. The minimum Gasteiger partial charge on any atom is -0.490 e. The average molecular weight is 366 g/mol. The van der Waals surface area contributed by atoms with Crippen LogP contribution in [-0.2, 0) is 4.79 Å². The van der Waals surface area contributed by atoms with E-state index in [2.05, 4.69) is 5.32 Å². The third-order valence-electron chi connectivity index (χ3n) is 4.67. The third-order valence-corrected chi connectivity index (χ3v) is 4.67. The molecule has 1 saturated carbocycles. The summed E-state index contributed by atoms with van der Waals surface area (Å²) in [7, 11) is 0. The number of nitrogens with one attached hydrogen (secondary N) is 1. The molecule has 0 atom stereocenters. The lowest BCUT2D eigenvalue weighted by atomic mass is 10.1. The molecule has 0 aliphatic heterocycles. The Balaban J connectivity index is 1.64. The van der Waals surface area contributed by atoms with Crippen molar-refractivity contribution in [2.75, 3.05) is 5.32 Å². The number of rotatable bonds is 6. The molecule has 6 nitrogen and oxygen atoms in total. The summed E-state index contributed by atoms with van der Waals surface area (Å²) in [5.41, 5.74) is 2.35. The number of benzene rings is 2. The molecule has 1 amide bonds. The van der Waals surface area contributed by atoms with Crippen LogP contribution in [-0.4, -0.2) is 16.9 Å². The Morgan fingerprint density at radius 2 is 1.89 bits per heavy atom. The number of nitro groups is 1. The Bertz CT molecular complexity index is 853. The maximum absolute atomic E-state index is 12.2. The molecule has 6 heteroatoms. The van der Waals surface area contributed by atoms with Crippen LogP contribution >= 0.6 is 0 Å². The Labute approximate surface area is 158 Å². The first kappa shape index (κ1) is 18.6. The lowest BCUT2D eigenvalue weighted by molar-refractivity contribution is -0.384. The summed E-state index contributed by atoms with van der Waals surface area (Å²) in [6.07, 6.45) is 7.85. The maximum atomic E-state index is 12.2. The van der Waals surface area contributed by atoms with Crippen molar-refractivity contribution in [3.05, 3.63) is 69.8 Å². The number of nitro benzene ring substituents is 1. The van der Waals surface area contributed by atoms with Crippen LogP contribution in [0.25, 0.3) is 6.08 Å². The fourth-order valence-corrected chi connectivity index (χ4v) is 3.12. The molecule has 0 spiro atoms. The minimum absolute atomic E-state index is 0.0197. The lowest BCUT2D eigenvalue weighted by Gasteiger charge is -2.17. The van der Waals surface area contributed by atoms with Gasteiger partial charge in [-0.25, -0.2) is 0 Å². The van der Waals surface area contributed by atoms with Crippen molar-refractivity contribution in [2.24, 2.45) is 0 Å². The first-order valence-electron chi connectivity index (χ1n) is 9.03. The fourth-order valence-electron chi connectivity index (χ4n) is 3.12. The summed E-state index contributed by atoms with van der Waals surface area (Å²) in [5.74, 6) is 0.536. The topological polar surface area (TPSA) is 81.5 Å². The number of anilines is 1. The van der Waals surface area contributed by atoms with Gasteiger partial charge in [0.2, 0.25) is 5.91 Å². The van der Waals surface area contributed by atoms with Gasteiger partial charge in [-0.05, 0) is 68.5 Å². The van der Waals surface area contributed by atoms with Crippen LogP contribution in [0.4, 0.5) is 11.4 Å². The second-order valence-corrected chi connectivity index (χ2v) is 6.62. The fraction of sp³-hybridized carbons (Fsp3) is 0.286. The zero-order chi connectivity index (χ0) is 19.2. The van der Waals surface area contributed by atoms with Crippen molar-refractivity contribution in [1.29, 1.82) is 0 Å². The number of ether oxygens (including phenoxy) is 1. The van der Waals surface area contributed by atoms with Gasteiger partial charge in [0.05, 0.1) is 11.0 Å². The Hall–Kier alpha value is -3.15. The van der Waals surface area contributed by atoms with Crippen molar-refractivity contribution in [3.8, 4) is 5.75 Å². The van der Waals surface area contributed by atoms with Crippen molar-refractivity contribution in [2.45, 2.75) is 38.7 Å². The smallest absolute Gasteiger partial charge is 0.269 e. The molecule has 0 heterocycles. The lowest BCUT2D eigenvalue weighted by Crippen LogP contribution is -2.13. The number of nitrogens with zero attached hydrogens (tertiary/aromatic N) is 1. The van der Waals surface area contributed by atoms with Crippen LogP contribution in [0, 0.1) is 17.0 Å². The first-order valence-corrected chi connectivity index (χ1v) is 9.03. The molecule has 27 heavy (non-hydrogen) atoms. The van der Waals surface area contributed by atoms with E-state index in [-0.39, 0.29) is 17.7 Å². The zero-order valence-corrected chi connectivity index (χ0v) is 15.2. The number of amides is 1. The summed E-state index contributed by atoms with van der Waals surface area (Å²) in [6.45, 7) is 1.93. The molecule has 1 aliphatic rings. The zero-order valence-electron chi connectivity index (χ0n) is 15.2. The quantitative estimate of drug-likeness (QED) is 0.449. The Morgan fingerprint density at radius 1 is 1.19 bits per heavy atom. The van der Waals surface area contributed by atoms with E-state index in [4.69, 9.17) is 4.74 Å². The van der Waals surface area contributed by atoms with Crippen molar-refractivity contribution < 1.29 is 14.5 Å². The van der Waals surface area contributed by atoms with Crippen LogP contribution in [0.15, 0.2) is 48.5 Å². The highest BCUT2D eigenvalue weighted by atomic mass is 16.6. The molecule has 0 radical (unpaired) electrons. The third kappa shape index (κ3) is 4.94. The van der Waals surface area contributed by atoms with Gasteiger partial charge >= 0.3 is 0 Å². The molecule has 3 rings (SSSR count). The summed E-state index contributed by atoms with van der Waals surface area (Å²) in [4.78, 5) is 22.4. The van der Waals surface area contributed by atoms with E-state index in [1.807, 2.05) is 25.1 Å². The number of hydrogen-bond donors (Lipinski definition) is 1. The summed E-state index contributed by atoms with van der Waals surface area (Å²) in [5, 5.41) is 13.5. The number of hydrogen-bond acceptors (Lipinski definition) is 4. The second-order valence-electron chi connectivity index (χ2n) is 6.62. The molecule has 140 valence electrons. The van der Waals surface area contributed by atoms with Gasteiger partial charge in [-0.15, -0.1) is 0 Å². The number of carbonyl (C=O) groups is 1. The average Bonchev–Trinajstić information content (AvgIpc) is 3.17. The number of non-ortho nitro benzene ring substituents is 1. The summed E-state index contributed by atoms with van der Waals surface area (Å²) < 4.78 is 6.06. The molecule has 0 unspecified atom stereocenters. The highest BCUT2D eigenvalue weighted by Crippen LogP contribution is 2.30. The highest BCUT2D eigenvalue weighted by Gasteiger charge is 2.18. The van der Waals surface area contributed by atoms with Gasteiger partial charge in [-0.1, -0.05) is 6.07 Å². The summed E-state index contributed by atoms with van der Waals surface area (Å²) in [6, 6.07) is 11.7. The molecule has 1 aliphatic carbocycles. The van der Waals surface area contributed by atoms with Crippen LogP contribution in [0.1, 0.15) is 36.8 Å². The molecule has 0 bridgehead atoms. The van der Waals surface area contributed by atoms with Gasteiger partial charge in [0.15, 0.2) is 0 Å². The predicted octanol–water partition coefficient (Wildman–Crippen LogP) is 4.88. The molecular formula is C21H22N2O4. The van der Waals surface area contributed by atoms with Gasteiger partial charge in [0, 0.05) is 29.5 Å². The highest BCUT2D eigenvalue weighted by molar-refractivity contribution is 6.02. The van der Waals surface area contributed by atoms with Gasteiger partial charge in [-0.3, -0.25) is 14.9 Å². The van der Waals surface area contributed by atoms with E-state index in [1.165, 1.54) is 31.1 Å². The van der Waals surface area contributed by atoms with Crippen molar-refractivity contribution >= 4 is 23.4 Å². The van der Waals surface area contributed by atoms with E-state index in [0.717, 1.165) is 24.2 Å². The molecular weight excluding hydrogens is 344 g/mol. The summed E-state index contributed by atoms with van der Waals surface area (Å²) >= 11 is 0. The predicted molar refractivity (Wildman–Crippen MR) is 105 cm³/mol. The van der Waals surface area contributed by atoms with E-state index < -0.39 is 4.92 Å². The minimum atomic E-state index is -0.455. The molecule has 1 fully saturated rings. The van der Waals surface area contributed by atoms with Gasteiger partial charge in [-0.2, -0.15) is 0 Å². The molecule has 0 aromatic heterocycles. The first-order chi connectivity index (χ1) is 13.0. The largest absolute Gasteiger partial charge is 0.490 e. The van der Waals surface area contributed by atoms with E-state index in [1.54, 1.807) is 18.2 Å². The van der Waals surface area contributed by atoms with Gasteiger partial charge < -0.3 is 10.1 Å². The number of carbonyl (C=O) groups excluding carboxylic acids is 1. The Kier molecular flexibility index (Phi) is 5.86. The molecule has 2 aromatic carbocycles. The Morgan fingerprint density at radius 3 is 2.56 bits per heavy atom. The normalized spacial score (nSPS) is 14.4. The van der Waals surface area contributed by atoms with E-state index in [0.29, 0.717) is 11.3 Å². The molecule has 1 N–H and O–H groups in total. The standard InChI is InChI=1S/C21H22N2O4/c1-15-19(7-4-8-20(15)27-18-5-2-3-6-18)22-21(24)14-11-16-9-12-17(13-10-16)23(25)26/h4,7-14,18H,2-3,5-6H2,1H3,(H,22,24)/b14-11+. The second kappa shape index (κ2) is 8.49. The van der Waals surface area contributed by atoms with Gasteiger partial charge in [0.1, 0.15) is 5.75 Å². The van der Waals surface area contributed by atoms with E-state index >= 15 is 0 Å². The van der Waals surface area contributed by atoms with Gasteiger partial charge in [0.25, 0.3) is 5.69 Å². The maximum Gasteiger partial charge on any atom is 0.269 e. The van der Waals surface area contributed by atoms with Crippen LogP contribution < -0.4 is 10.1 Å². The van der Waals surface area contributed by atoms with Crippen molar-refractivity contribution in [3.63, 3.8) is 0 Å². The monoisotopic (exact) mass is 366 g/mol. The van der Waals surface area contributed by atoms with E-state index in [9.17, 15) is 14.9 Å². The van der Waals surface area contributed by atoms with Crippen LogP contribution in [0.2, 0.25) is 0 Å². The van der Waals surface area contributed by atoms with Crippen LogP contribution in [0.5, 0.6) is 5.75 Å².